The Hall–Kier alpha value is -2.73. The maximum atomic E-state index is 12.6. The number of benzene rings is 2. The first-order chi connectivity index (χ1) is 12.5. The van der Waals surface area contributed by atoms with Crippen LogP contribution in [-0.2, 0) is 4.79 Å². The molecule has 2 N–H and O–H groups in total. The van der Waals surface area contributed by atoms with Gasteiger partial charge in [-0.2, -0.15) is 0 Å². The number of fused-ring (bicyclic) bond motifs is 1. The Bertz CT molecular complexity index is 945. The number of aromatic nitrogens is 1. The minimum absolute atomic E-state index is 0.0688. The van der Waals surface area contributed by atoms with Gasteiger partial charge in [0.25, 0.3) is 5.91 Å². The van der Waals surface area contributed by atoms with Gasteiger partial charge in [-0.3, -0.25) is 4.79 Å². The smallest absolute Gasteiger partial charge is 0.255 e. The first kappa shape index (κ1) is 18.1. The topological polar surface area (TPSA) is 71.1 Å². The summed E-state index contributed by atoms with van der Waals surface area (Å²) in [5, 5.41) is 6.92. The molecule has 134 valence electrons. The summed E-state index contributed by atoms with van der Waals surface area (Å²) in [6.45, 7) is 6.35. The van der Waals surface area contributed by atoms with Crippen molar-refractivity contribution in [1.29, 1.82) is 0 Å². The van der Waals surface area contributed by atoms with Crippen LogP contribution in [0.4, 0.5) is 10.8 Å². The van der Waals surface area contributed by atoms with Crippen molar-refractivity contribution in [2.24, 2.45) is 5.92 Å². The predicted molar refractivity (Wildman–Crippen MR) is 107 cm³/mol. The lowest BCUT2D eigenvalue weighted by molar-refractivity contribution is -0.110. The molecule has 3 rings (SSSR count). The van der Waals surface area contributed by atoms with E-state index in [-0.39, 0.29) is 11.8 Å². The fraction of sp³-hybridized carbons (Fsp3) is 0.250. The van der Waals surface area contributed by atoms with Crippen LogP contribution in [0.2, 0.25) is 0 Å². The summed E-state index contributed by atoms with van der Waals surface area (Å²) in [6, 6.07) is 11.4. The van der Waals surface area contributed by atoms with Gasteiger partial charge in [0.1, 0.15) is 6.29 Å². The van der Waals surface area contributed by atoms with Crippen molar-refractivity contribution in [1.82, 2.24) is 4.98 Å². The molecule has 1 atom stereocenters. The number of aldehydes is 1. The van der Waals surface area contributed by atoms with Crippen molar-refractivity contribution in [2.45, 2.75) is 20.8 Å². The third kappa shape index (κ3) is 3.91. The zero-order chi connectivity index (χ0) is 18.7. The van der Waals surface area contributed by atoms with Crippen LogP contribution in [0.25, 0.3) is 10.2 Å². The van der Waals surface area contributed by atoms with Crippen LogP contribution in [0.15, 0.2) is 36.4 Å². The number of rotatable bonds is 6. The molecular weight excluding hydrogens is 346 g/mol. The van der Waals surface area contributed by atoms with Gasteiger partial charge in [0.05, 0.1) is 10.2 Å². The van der Waals surface area contributed by atoms with Gasteiger partial charge in [0, 0.05) is 23.7 Å². The lowest BCUT2D eigenvalue weighted by Gasteiger charge is -2.11. The first-order valence-electron chi connectivity index (χ1n) is 8.45. The van der Waals surface area contributed by atoms with E-state index in [2.05, 4.69) is 15.6 Å². The molecule has 1 amide bonds. The fourth-order valence-electron chi connectivity index (χ4n) is 2.64. The molecule has 0 saturated heterocycles. The average Bonchev–Trinajstić information content (AvgIpc) is 3.04. The Balaban J connectivity index is 1.80. The molecule has 0 aliphatic heterocycles. The highest BCUT2D eigenvalue weighted by Crippen LogP contribution is 2.28. The van der Waals surface area contributed by atoms with Crippen molar-refractivity contribution < 1.29 is 9.59 Å². The van der Waals surface area contributed by atoms with Gasteiger partial charge < -0.3 is 15.4 Å². The van der Waals surface area contributed by atoms with Gasteiger partial charge in [0.2, 0.25) is 0 Å². The SMILES string of the molecule is Cc1cccc(C)c1NC(=O)c1ccc2nc(NCC(C)C=O)sc2c1. The summed E-state index contributed by atoms with van der Waals surface area (Å²) in [6.07, 6.45) is 0.913. The molecule has 2 aromatic carbocycles. The second-order valence-electron chi connectivity index (χ2n) is 6.42. The number of hydrogen-bond acceptors (Lipinski definition) is 5. The van der Waals surface area contributed by atoms with Crippen LogP contribution in [0, 0.1) is 19.8 Å². The molecule has 26 heavy (non-hydrogen) atoms. The quantitative estimate of drug-likeness (QED) is 0.633. The lowest BCUT2D eigenvalue weighted by Crippen LogP contribution is -2.13. The molecule has 0 bridgehead atoms. The first-order valence-corrected chi connectivity index (χ1v) is 9.27. The van der Waals surface area contributed by atoms with Crippen LogP contribution in [0.3, 0.4) is 0 Å². The van der Waals surface area contributed by atoms with Gasteiger partial charge in [0.15, 0.2) is 5.13 Å². The Morgan fingerprint density at radius 1 is 1.23 bits per heavy atom. The van der Waals surface area contributed by atoms with E-state index in [9.17, 15) is 9.59 Å². The Morgan fingerprint density at radius 3 is 2.65 bits per heavy atom. The Morgan fingerprint density at radius 2 is 1.96 bits per heavy atom. The third-order valence-corrected chi connectivity index (χ3v) is 5.15. The molecule has 3 aromatic rings. The number of anilines is 2. The monoisotopic (exact) mass is 367 g/mol. The fourth-order valence-corrected chi connectivity index (χ4v) is 3.55. The second-order valence-corrected chi connectivity index (χ2v) is 7.45. The molecule has 0 aliphatic rings. The molecular formula is C20H21N3O2S. The zero-order valence-corrected chi connectivity index (χ0v) is 15.8. The molecule has 0 saturated carbocycles. The van der Waals surface area contributed by atoms with Gasteiger partial charge in [-0.1, -0.05) is 36.5 Å². The van der Waals surface area contributed by atoms with Gasteiger partial charge in [-0.25, -0.2) is 4.98 Å². The van der Waals surface area contributed by atoms with Crippen LogP contribution in [-0.4, -0.2) is 23.7 Å². The van der Waals surface area contributed by atoms with Crippen LogP contribution < -0.4 is 10.6 Å². The van der Waals surface area contributed by atoms with E-state index in [1.165, 1.54) is 11.3 Å². The highest BCUT2D eigenvalue weighted by Gasteiger charge is 2.12. The number of nitrogens with one attached hydrogen (secondary N) is 2. The number of carbonyl (C=O) groups is 2. The molecule has 6 heteroatoms. The van der Waals surface area contributed by atoms with Crippen molar-refractivity contribution in [3.63, 3.8) is 0 Å². The van der Waals surface area contributed by atoms with E-state index in [0.29, 0.717) is 12.1 Å². The van der Waals surface area contributed by atoms with E-state index in [4.69, 9.17) is 0 Å². The molecule has 0 spiro atoms. The minimum atomic E-state index is -0.137. The summed E-state index contributed by atoms with van der Waals surface area (Å²) in [5.41, 5.74) is 4.35. The third-order valence-electron chi connectivity index (χ3n) is 4.18. The van der Waals surface area contributed by atoms with Gasteiger partial charge in [-0.15, -0.1) is 0 Å². The summed E-state index contributed by atoms with van der Waals surface area (Å²) >= 11 is 1.48. The number of hydrogen-bond donors (Lipinski definition) is 2. The molecule has 0 fully saturated rings. The highest BCUT2D eigenvalue weighted by atomic mass is 32.1. The number of thiazole rings is 1. The van der Waals surface area contributed by atoms with E-state index >= 15 is 0 Å². The van der Waals surface area contributed by atoms with Crippen molar-refractivity contribution in [2.75, 3.05) is 17.2 Å². The number of aryl methyl sites for hydroxylation is 2. The molecule has 1 unspecified atom stereocenters. The van der Waals surface area contributed by atoms with Crippen LogP contribution >= 0.6 is 11.3 Å². The van der Waals surface area contributed by atoms with Crippen molar-refractivity contribution >= 4 is 44.6 Å². The Kier molecular flexibility index (Phi) is 5.32. The van der Waals surface area contributed by atoms with E-state index < -0.39 is 0 Å². The Labute approximate surface area is 156 Å². The predicted octanol–water partition coefficient (Wildman–Crippen LogP) is 4.41. The number of carbonyl (C=O) groups excluding carboxylic acids is 2. The maximum absolute atomic E-state index is 12.6. The molecule has 1 heterocycles. The molecule has 0 aliphatic carbocycles. The average molecular weight is 367 g/mol. The second kappa shape index (κ2) is 7.66. The summed E-state index contributed by atoms with van der Waals surface area (Å²) in [7, 11) is 0. The summed E-state index contributed by atoms with van der Waals surface area (Å²) in [4.78, 5) is 27.8. The standard InChI is InChI=1S/C20H21N3O2S/c1-12(11-24)10-21-20-22-16-8-7-15(9-17(16)26-20)19(25)23-18-13(2)5-4-6-14(18)3/h4-9,11-12H,10H2,1-3H3,(H,21,22)(H,23,25). The molecule has 0 radical (unpaired) electrons. The van der Waals surface area contributed by atoms with Crippen molar-refractivity contribution in [3.05, 3.63) is 53.1 Å². The van der Waals surface area contributed by atoms with Crippen LogP contribution in [0.1, 0.15) is 28.4 Å². The number of nitrogens with zero attached hydrogens (tertiary/aromatic N) is 1. The number of amides is 1. The summed E-state index contributed by atoms with van der Waals surface area (Å²) < 4.78 is 0.931. The molecule has 5 nitrogen and oxygen atoms in total. The van der Waals surface area contributed by atoms with E-state index in [1.54, 1.807) is 6.07 Å². The summed E-state index contributed by atoms with van der Waals surface area (Å²) in [5.74, 6) is -0.206. The maximum Gasteiger partial charge on any atom is 0.255 e. The molecule has 1 aromatic heterocycles. The number of para-hydroxylation sites is 1. The van der Waals surface area contributed by atoms with Gasteiger partial charge >= 0.3 is 0 Å². The normalized spacial score (nSPS) is 12.0. The van der Waals surface area contributed by atoms with Crippen molar-refractivity contribution in [3.8, 4) is 0 Å². The van der Waals surface area contributed by atoms with E-state index in [0.717, 1.165) is 38.4 Å². The van der Waals surface area contributed by atoms with Gasteiger partial charge in [-0.05, 0) is 43.2 Å². The van der Waals surface area contributed by atoms with Crippen LogP contribution in [0.5, 0.6) is 0 Å². The zero-order valence-electron chi connectivity index (χ0n) is 15.0. The largest absolute Gasteiger partial charge is 0.361 e. The minimum Gasteiger partial charge on any atom is -0.361 e. The lowest BCUT2D eigenvalue weighted by atomic mass is 10.1. The highest BCUT2D eigenvalue weighted by molar-refractivity contribution is 7.22. The van der Waals surface area contributed by atoms with E-state index in [1.807, 2.05) is 51.1 Å².